The van der Waals surface area contributed by atoms with Crippen molar-refractivity contribution in [2.45, 2.75) is 51.6 Å². The second kappa shape index (κ2) is 7.29. The average molecular weight is 260 g/mol. The molecule has 0 aliphatic heterocycles. The second-order valence-electron chi connectivity index (χ2n) is 5.43. The molecule has 1 saturated carbocycles. The van der Waals surface area contributed by atoms with Crippen LogP contribution >= 0.6 is 0 Å². The molecular formula is C16H24N2O. The van der Waals surface area contributed by atoms with E-state index < -0.39 is 0 Å². The van der Waals surface area contributed by atoms with Crippen molar-refractivity contribution in [3.63, 3.8) is 0 Å². The second-order valence-corrected chi connectivity index (χ2v) is 5.43. The van der Waals surface area contributed by atoms with Crippen LogP contribution in [0.3, 0.4) is 0 Å². The van der Waals surface area contributed by atoms with E-state index in [9.17, 15) is 4.79 Å². The molecule has 0 heterocycles. The molecule has 3 heteroatoms. The molecule has 3 N–H and O–H groups in total. The highest BCUT2D eigenvalue weighted by molar-refractivity contribution is 5.78. The van der Waals surface area contributed by atoms with Crippen LogP contribution in [0.1, 0.15) is 49.7 Å². The summed E-state index contributed by atoms with van der Waals surface area (Å²) in [5.41, 5.74) is 7.83. The number of carbonyl (C=O) groups excluding carboxylic acids is 1. The normalized spacial score (nSPS) is 16.9. The third-order valence-electron chi connectivity index (χ3n) is 3.95. The van der Waals surface area contributed by atoms with Crippen molar-refractivity contribution in [1.29, 1.82) is 0 Å². The minimum absolute atomic E-state index is 0.227. The van der Waals surface area contributed by atoms with Crippen molar-refractivity contribution in [1.82, 2.24) is 5.32 Å². The van der Waals surface area contributed by atoms with Crippen LogP contribution in [0.2, 0.25) is 0 Å². The number of amides is 1. The lowest BCUT2D eigenvalue weighted by atomic mass is 9.99. The van der Waals surface area contributed by atoms with E-state index in [1.165, 1.54) is 25.7 Å². The van der Waals surface area contributed by atoms with Crippen molar-refractivity contribution in [3.05, 3.63) is 35.4 Å². The number of hydrogen-bond acceptors (Lipinski definition) is 2. The summed E-state index contributed by atoms with van der Waals surface area (Å²) in [6.45, 7) is 1.19. The SMILES string of the molecule is NCc1ccc(CNC(=O)C2CCCCCC2)cc1. The van der Waals surface area contributed by atoms with Gasteiger partial charge in [-0.3, -0.25) is 4.79 Å². The summed E-state index contributed by atoms with van der Waals surface area (Å²) in [7, 11) is 0. The highest BCUT2D eigenvalue weighted by Gasteiger charge is 2.19. The van der Waals surface area contributed by atoms with E-state index in [-0.39, 0.29) is 11.8 Å². The van der Waals surface area contributed by atoms with Crippen LogP contribution in [-0.4, -0.2) is 5.91 Å². The molecule has 0 unspecified atom stereocenters. The molecule has 1 fully saturated rings. The average Bonchev–Trinajstić information content (AvgIpc) is 2.74. The first-order valence-corrected chi connectivity index (χ1v) is 7.35. The molecule has 0 aromatic heterocycles. The molecule has 0 atom stereocenters. The van der Waals surface area contributed by atoms with Gasteiger partial charge in [-0.1, -0.05) is 49.9 Å². The minimum atomic E-state index is 0.227. The fraction of sp³-hybridized carbons (Fsp3) is 0.562. The van der Waals surface area contributed by atoms with Gasteiger partial charge < -0.3 is 11.1 Å². The van der Waals surface area contributed by atoms with E-state index in [0.29, 0.717) is 13.1 Å². The number of rotatable bonds is 4. The number of nitrogens with two attached hydrogens (primary N) is 1. The molecule has 1 aromatic rings. The van der Waals surface area contributed by atoms with E-state index in [0.717, 1.165) is 24.0 Å². The van der Waals surface area contributed by atoms with Gasteiger partial charge in [-0.15, -0.1) is 0 Å². The lowest BCUT2D eigenvalue weighted by Crippen LogP contribution is -2.30. The third kappa shape index (κ3) is 4.35. The van der Waals surface area contributed by atoms with Crippen molar-refractivity contribution in [2.24, 2.45) is 11.7 Å². The number of hydrogen-bond donors (Lipinski definition) is 2. The van der Waals surface area contributed by atoms with E-state index in [1.54, 1.807) is 0 Å². The molecule has 104 valence electrons. The Kier molecular flexibility index (Phi) is 5.40. The first-order chi connectivity index (χ1) is 9.29. The smallest absolute Gasteiger partial charge is 0.223 e. The predicted molar refractivity (Wildman–Crippen MR) is 77.4 cm³/mol. The van der Waals surface area contributed by atoms with Gasteiger partial charge in [0.05, 0.1) is 0 Å². The fourth-order valence-corrected chi connectivity index (χ4v) is 2.67. The largest absolute Gasteiger partial charge is 0.352 e. The Morgan fingerprint density at radius 2 is 1.63 bits per heavy atom. The maximum absolute atomic E-state index is 12.1. The van der Waals surface area contributed by atoms with Gasteiger partial charge in [0.2, 0.25) is 5.91 Å². The van der Waals surface area contributed by atoms with Crippen LogP contribution in [0.5, 0.6) is 0 Å². The minimum Gasteiger partial charge on any atom is -0.352 e. The van der Waals surface area contributed by atoms with Gasteiger partial charge in [0, 0.05) is 19.0 Å². The summed E-state index contributed by atoms with van der Waals surface area (Å²) >= 11 is 0. The Balaban J connectivity index is 1.81. The van der Waals surface area contributed by atoms with Gasteiger partial charge in [0.25, 0.3) is 0 Å². The standard InChI is InChI=1S/C16H24N2O/c17-11-13-7-9-14(10-8-13)12-18-16(19)15-5-3-1-2-4-6-15/h7-10,15H,1-6,11-12,17H2,(H,18,19). The molecule has 1 aliphatic rings. The Labute approximate surface area is 115 Å². The van der Waals surface area contributed by atoms with Gasteiger partial charge in [-0.05, 0) is 24.0 Å². The molecule has 2 rings (SSSR count). The number of carbonyl (C=O) groups is 1. The van der Waals surface area contributed by atoms with Crippen LogP contribution in [-0.2, 0) is 17.9 Å². The molecule has 1 aliphatic carbocycles. The summed E-state index contributed by atoms with van der Waals surface area (Å²) < 4.78 is 0. The van der Waals surface area contributed by atoms with Crippen molar-refractivity contribution >= 4 is 5.91 Å². The highest BCUT2D eigenvalue weighted by atomic mass is 16.1. The summed E-state index contributed by atoms with van der Waals surface area (Å²) in [6, 6.07) is 8.12. The summed E-state index contributed by atoms with van der Waals surface area (Å²) in [5.74, 6) is 0.454. The topological polar surface area (TPSA) is 55.1 Å². The van der Waals surface area contributed by atoms with Gasteiger partial charge in [0.15, 0.2) is 0 Å². The Morgan fingerprint density at radius 3 is 2.21 bits per heavy atom. The maximum atomic E-state index is 12.1. The molecule has 0 bridgehead atoms. The van der Waals surface area contributed by atoms with Crippen LogP contribution in [0.15, 0.2) is 24.3 Å². The van der Waals surface area contributed by atoms with E-state index in [1.807, 2.05) is 24.3 Å². The molecule has 0 saturated heterocycles. The van der Waals surface area contributed by atoms with Gasteiger partial charge >= 0.3 is 0 Å². The maximum Gasteiger partial charge on any atom is 0.223 e. The molecule has 1 aromatic carbocycles. The van der Waals surface area contributed by atoms with Gasteiger partial charge in [-0.25, -0.2) is 0 Å². The van der Waals surface area contributed by atoms with Crippen molar-refractivity contribution in [2.75, 3.05) is 0 Å². The summed E-state index contributed by atoms with van der Waals surface area (Å²) in [6.07, 6.45) is 7.07. The third-order valence-corrected chi connectivity index (χ3v) is 3.95. The highest BCUT2D eigenvalue weighted by Crippen LogP contribution is 2.22. The molecular weight excluding hydrogens is 236 g/mol. The molecule has 3 nitrogen and oxygen atoms in total. The van der Waals surface area contributed by atoms with Crippen LogP contribution in [0, 0.1) is 5.92 Å². The first kappa shape index (κ1) is 14.1. The van der Waals surface area contributed by atoms with Crippen molar-refractivity contribution < 1.29 is 4.79 Å². The molecule has 0 spiro atoms. The Bertz CT molecular complexity index is 392. The van der Waals surface area contributed by atoms with Crippen molar-refractivity contribution in [3.8, 4) is 0 Å². The summed E-state index contributed by atoms with van der Waals surface area (Å²) in [5, 5.41) is 3.06. The number of nitrogens with one attached hydrogen (secondary N) is 1. The molecule has 19 heavy (non-hydrogen) atoms. The zero-order chi connectivity index (χ0) is 13.5. The first-order valence-electron chi connectivity index (χ1n) is 7.35. The van der Waals surface area contributed by atoms with E-state index in [2.05, 4.69) is 5.32 Å². The number of benzene rings is 1. The van der Waals surface area contributed by atoms with Crippen LogP contribution in [0.25, 0.3) is 0 Å². The Morgan fingerprint density at radius 1 is 1.05 bits per heavy atom. The quantitative estimate of drug-likeness (QED) is 0.818. The van der Waals surface area contributed by atoms with Crippen LogP contribution < -0.4 is 11.1 Å². The van der Waals surface area contributed by atoms with Gasteiger partial charge in [0.1, 0.15) is 0 Å². The predicted octanol–water partition coefficient (Wildman–Crippen LogP) is 2.73. The zero-order valence-electron chi connectivity index (χ0n) is 11.5. The summed E-state index contributed by atoms with van der Waals surface area (Å²) in [4.78, 5) is 12.1. The Hall–Kier alpha value is -1.35. The molecule has 1 amide bonds. The molecule has 0 radical (unpaired) electrons. The lowest BCUT2D eigenvalue weighted by Gasteiger charge is -2.14. The van der Waals surface area contributed by atoms with E-state index >= 15 is 0 Å². The fourth-order valence-electron chi connectivity index (χ4n) is 2.67. The zero-order valence-corrected chi connectivity index (χ0v) is 11.5. The van der Waals surface area contributed by atoms with E-state index in [4.69, 9.17) is 5.73 Å². The lowest BCUT2D eigenvalue weighted by molar-refractivity contribution is -0.125. The van der Waals surface area contributed by atoms with Gasteiger partial charge in [-0.2, -0.15) is 0 Å². The monoisotopic (exact) mass is 260 g/mol. The van der Waals surface area contributed by atoms with Crippen LogP contribution in [0.4, 0.5) is 0 Å².